The highest BCUT2D eigenvalue weighted by atomic mass is 16.5. The Labute approximate surface area is 113 Å². The molecule has 0 aromatic heterocycles. The first-order valence-corrected chi connectivity index (χ1v) is 6.49. The Balaban J connectivity index is 2.07. The van der Waals surface area contributed by atoms with Gasteiger partial charge >= 0.3 is 6.03 Å². The van der Waals surface area contributed by atoms with E-state index in [0.29, 0.717) is 24.5 Å². The molecule has 1 aliphatic heterocycles. The van der Waals surface area contributed by atoms with Gasteiger partial charge in [-0.1, -0.05) is 6.07 Å². The van der Waals surface area contributed by atoms with Crippen LogP contribution in [0.3, 0.4) is 0 Å². The molecule has 2 rings (SSSR count). The number of rotatable bonds is 2. The lowest BCUT2D eigenvalue weighted by atomic mass is 10.1. The minimum atomic E-state index is -0.418. The second kappa shape index (κ2) is 5.93. The van der Waals surface area contributed by atoms with Gasteiger partial charge < -0.3 is 20.1 Å². The van der Waals surface area contributed by atoms with E-state index in [1.807, 2.05) is 25.1 Å². The zero-order valence-electron chi connectivity index (χ0n) is 11.3. The van der Waals surface area contributed by atoms with Gasteiger partial charge in [0.2, 0.25) is 0 Å². The van der Waals surface area contributed by atoms with Gasteiger partial charge in [0, 0.05) is 13.1 Å². The lowest BCUT2D eigenvalue weighted by Crippen LogP contribution is -2.44. The normalized spacial score (nSPS) is 19.1. The molecule has 0 spiro atoms. The first-order chi connectivity index (χ1) is 9.10. The molecule has 1 aromatic rings. The van der Waals surface area contributed by atoms with Crippen LogP contribution in [0.4, 0.5) is 10.5 Å². The number of methoxy groups -OCH3 is 1. The maximum Gasteiger partial charge on any atom is 0.322 e. The Morgan fingerprint density at radius 1 is 1.53 bits per heavy atom. The van der Waals surface area contributed by atoms with E-state index in [9.17, 15) is 9.90 Å². The molecule has 0 saturated carbocycles. The van der Waals surface area contributed by atoms with Gasteiger partial charge in [0.05, 0.1) is 18.9 Å². The maximum atomic E-state index is 12.1. The molecule has 1 fully saturated rings. The van der Waals surface area contributed by atoms with E-state index in [4.69, 9.17) is 4.74 Å². The number of urea groups is 1. The van der Waals surface area contributed by atoms with Gasteiger partial charge in [0.1, 0.15) is 5.75 Å². The van der Waals surface area contributed by atoms with E-state index < -0.39 is 6.10 Å². The van der Waals surface area contributed by atoms with Crippen LogP contribution < -0.4 is 10.1 Å². The number of nitrogens with one attached hydrogen (secondary N) is 1. The third-order valence-corrected chi connectivity index (χ3v) is 3.28. The van der Waals surface area contributed by atoms with Crippen molar-refractivity contribution in [2.24, 2.45) is 0 Å². The Morgan fingerprint density at radius 2 is 2.32 bits per heavy atom. The fourth-order valence-electron chi connectivity index (χ4n) is 2.25. The molecule has 2 amide bonds. The van der Waals surface area contributed by atoms with Crippen molar-refractivity contribution in [2.75, 3.05) is 25.5 Å². The van der Waals surface area contributed by atoms with Crippen LogP contribution in [0.5, 0.6) is 5.75 Å². The van der Waals surface area contributed by atoms with Crippen molar-refractivity contribution in [2.45, 2.75) is 25.9 Å². The van der Waals surface area contributed by atoms with Crippen LogP contribution in [0.2, 0.25) is 0 Å². The SMILES string of the molecule is COc1ccc(C)cc1NC(=O)N1CCCC(O)C1. The molecule has 1 atom stereocenters. The number of β-amino-alcohol motifs (C(OH)–C–C–N with tert-alkyl or cyclic N) is 1. The van der Waals surface area contributed by atoms with E-state index >= 15 is 0 Å². The van der Waals surface area contributed by atoms with E-state index in [0.717, 1.165) is 18.4 Å². The van der Waals surface area contributed by atoms with E-state index in [1.165, 1.54) is 0 Å². The third kappa shape index (κ3) is 3.38. The van der Waals surface area contributed by atoms with Crippen molar-refractivity contribution < 1.29 is 14.6 Å². The van der Waals surface area contributed by atoms with Crippen LogP contribution in [-0.4, -0.2) is 42.3 Å². The summed E-state index contributed by atoms with van der Waals surface area (Å²) in [5.74, 6) is 0.636. The lowest BCUT2D eigenvalue weighted by Gasteiger charge is -2.30. The standard InChI is InChI=1S/C14H20N2O3/c1-10-5-6-13(19-2)12(8-10)15-14(18)16-7-3-4-11(17)9-16/h5-6,8,11,17H,3-4,7,9H2,1-2H3,(H,15,18). The summed E-state index contributed by atoms with van der Waals surface area (Å²) in [5.41, 5.74) is 1.71. The smallest absolute Gasteiger partial charge is 0.322 e. The molecule has 0 aliphatic carbocycles. The van der Waals surface area contributed by atoms with Crippen molar-refractivity contribution in [3.63, 3.8) is 0 Å². The lowest BCUT2D eigenvalue weighted by molar-refractivity contribution is 0.0883. The number of benzene rings is 1. The average Bonchev–Trinajstić information content (AvgIpc) is 2.39. The number of ether oxygens (including phenoxy) is 1. The van der Waals surface area contributed by atoms with Gasteiger partial charge in [-0.2, -0.15) is 0 Å². The van der Waals surface area contributed by atoms with E-state index in [-0.39, 0.29) is 6.03 Å². The zero-order chi connectivity index (χ0) is 13.8. The third-order valence-electron chi connectivity index (χ3n) is 3.28. The second-order valence-corrected chi connectivity index (χ2v) is 4.88. The summed E-state index contributed by atoms with van der Waals surface area (Å²) < 4.78 is 5.23. The van der Waals surface area contributed by atoms with Crippen LogP contribution in [0.25, 0.3) is 0 Å². The number of aliphatic hydroxyl groups is 1. The number of amides is 2. The summed E-state index contributed by atoms with van der Waals surface area (Å²) in [6, 6.07) is 5.44. The summed E-state index contributed by atoms with van der Waals surface area (Å²) in [6.45, 7) is 3.02. The highest BCUT2D eigenvalue weighted by Crippen LogP contribution is 2.25. The minimum Gasteiger partial charge on any atom is -0.495 e. The van der Waals surface area contributed by atoms with Gasteiger partial charge in [-0.3, -0.25) is 0 Å². The number of hydrogen-bond donors (Lipinski definition) is 2. The predicted octanol–water partition coefficient (Wildman–Crippen LogP) is 1.99. The highest BCUT2D eigenvalue weighted by Gasteiger charge is 2.22. The molecule has 19 heavy (non-hydrogen) atoms. The van der Waals surface area contributed by atoms with Crippen molar-refractivity contribution in [3.05, 3.63) is 23.8 Å². The first-order valence-electron chi connectivity index (χ1n) is 6.49. The largest absolute Gasteiger partial charge is 0.495 e. The number of nitrogens with zero attached hydrogens (tertiary/aromatic N) is 1. The first kappa shape index (κ1) is 13.7. The zero-order valence-corrected chi connectivity index (χ0v) is 11.3. The molecule has 1 aromatic carbocycles. The van der Waals surface area contributed by atoms with Crippen molar-refractivity contribution in [1.29, 1.82) is 0 Å². The number of piperidine rings is 1. The number of hydrogen-bond acceptors (Lipinski definition) is 3. The van der Waals surface area contributed by atoms with Gasteiger partial charge in [0.25, 0.3) is 0 Å². The quantitative estimate of drug-likeness (QED) is 0.858. The number of aryl methyl sites for hydroxylation is 1. The van der Waals surface area contributed by atoms with Gasteiger partial charge in [-0.25, -0.2) is 4.79 Å². The van der Waals surface area contributed by atoms with Crippen molar-refractivity contribution in [3.8, 4) is 5.75 Å². The summed E-state index contributed by atoms with van der Waals surface area (Å²) in [6.07, 6.45) is 1.18. The molecule has 104 valence electrons. The number of carbonyl (C=O) groups is 1. The summed E-state index contributed by atoms with van der Waals surface area (Å²) in [7, 11) is 1.57. The summed E-state index contributed by atoms with van der Waals surface area (Å²) >= 11 is 0. The Morgan fingerprint density at radius 3 is 3.00 bits per heavy atom. The Hall–Kier alpha value is -1.75. The Kier molecular flexibility index (Phi) is 4.27. The average molecular weight is 264 g/mol. The summed E-state index contributed by atoms with van der Waals surface area (Å²) in [4.78, 5) is 13.8. The van der Waals surface area contributed by atoms with Gasteiger partial charge in [-0.05, 0) is 37.5 Å². The molecule has 5 heteroatoms. The molecule has 1 saturated heterocycles. The number of anilines is 1. The maximum absolute atomic E-state index is 12.1. The fourth-order valence-corrected chi connectivity index (χ4v) is 2.25. The van der Waals surface area contributed by atoms with Crippen LogP contribution in [-0.2, 0) is 0 Å². The molecule has 1 heterocycles. The Bertz CT molecular complexity index is 462. The molecule has 5 nitrogen and oxygen atoms in total. The number of carbonyl (C=O) groups excluding carboxylic acids is 1. The molecule has 0 radical (unpaired) electrons. The van der Waals surface area contributed by atoms with Gasteiger partial charge in [-0.15, -0.1) is 0 Å². The molecule has 0 bridgehead atoms. The van der Waals surface area contributed by atoms with Crippen molar-refractivity contribution >= 4 is 11.7 Å². The van der Waals surface area contributed by atoms with Gasteiger partial charge in [0.15, 0.2) is 0 Å². The van der Waals surface area contributed by atoms with Crippen LogP contribution in [0, 0.1) is 6.92 Å². The van der Waals surface area contributed by atoms with E-state index in [1.54, 1.807) is 12.0 Å². The molecule has 1 unspecified atom stereocenters. The minimum absolute atomic E-state index is 0.192. The topological polar surface area (TPSA) is 61.8 Å². The molecular formula is C14H20N2O3. The van der Waals surface area contributed by atoms with Crippen LogP contribution in [0.1, 0.15) is 18.4 Å². The van der Waals surface area contributed by atoms with Crippen LogP contribution in [0.15, 0.2) is 18.2 Å². The molecule has 2 N–H and O–H groups in total. The summed E-state index contributed by atoms with van der Waals surface area (Å²) in [5, 5.41) is 12.4. The predicted molar refractivity (Wildman–Crippen MR) is 73.6 cm³/mol. The second-order valence-electron chi connectivity index (χ2n) is 4.88. The monoisotopic (exact) mass is 264 g/mol. The molecular weight excluding hydrogens is 244 g/mol. The molecule has 1 aliphatic rings. The number of aliphatic hydroxyl groups excluding tert-OH is 1. The van der Waals surface area contributed by atoms with Crippen molar-refractivity contribution in [1.82, 2.24) is 4.90 Å². The van der Waals surface area contributed by atoms with Crippen LogP contribution >= 0.6 is 0 Å². The number of likely N-dealkylation sites (tertiary alicyclic amines) is 1. The highest BCUT2D eigenvalue weighted by molar-refractivity contribution is 5.91. The van der Waals surface area contributed by atoms with E-state index in [2.05, 4.69) is 5.32 Å². The fraction of sp³-hybridized carbons (Fsp3) is 0.500.